The first-order chi connectivity index (χ1) is 15.0. The molecule has 6 heteroatoms. The number of aryl methyl sites for hydroxylation is 2. The van der Waals surface area contributed by atoms with E-state index in [1.807, 2.05) is 56.3 Å². The van der Waals surface area contributed by atoms with E-state index in [0.29, 0.717) is 19.1 Å². The highest BCUT2D eigenvalue weighted by Gasteiger charge is 2.21. The van der Waals surface area contributed by atoms with Gasteiger partial charge in [0.25, 0.3) is 0 Å². The molecule has 31 heavy (non-hydrogen) atoms. The lowest BCUT2D eigenvalue weighted by atomic mass is 10.1. The van der Waals surface area contributed by atoms with Crippen molar-refractivity contribution in [3.8, 4) is 11.5 Å². The lowest BCUT2D eigenvalue weighted by Crippen LogP contribution is -2.49. The zero-order chi connectivity index (χ0) is 22.2. The van der Waals surface area contributed by atoms with Crippen LogP contribution < -0.4 is 14.8 Å². The molecule has 6 nitrogen and oxygen atoms in total. The van der Waals surface area contributed by atoms with Gasteiger partial charge in [0.2, 0.25) is 5.91 Å². The molecule has 0 spiro atoms. The minimum atomic E-state index is 0.0597. The van der Waals surface area contributed by atoms with Crippen molar-refractivity contribution < 1.29 is 14.3 Å². The highest BCUT2D eigenvalue weighted by Crippen LogP contribution is 2.26. The van der Waals surface area contributed by atoms with E-state index in [0.717, 1.165) is 61.0 Å². The Morgan fingerprint density at radius 2 is 1.58 bits per heavy atom. The standard InChI is InChI=1S/C25H35N3O3/c1-19(18-31-23-11-6-5-10-22(23)30-4)16-27-12-14-28(15-13-27)17-24(29)26-25-20(2)8-7-9-21(25)3/h5-11,19H,12-18H2,1-4H3,(H,26,29). The van der Waals surface area contributed by atoms with Crippen molar-refractivity contribution in [1.29, 1.82) is 0 Å². The first kappa shape index (κ1) is 23.1. The number of amides is 1. The van der Waals surface area contributed by atoms with Gasteiger partial charge < -0.3 is 19.7 Å². The van der Waals surface area contributed by atoms with Crippen LogP contribution in [0.15, 0.2) is 42.5 Å². The molecule has 0 aliphatic carbocycles. The van der Waals surface area contributed by atoms with E-state index in [1.54, 1.807) is 7.11 Å². The molecule has 2 aromatic carbocycles. The van der Waals surface area contributed by atoms with E-state index in [9.17, 15) is 4.79 Å². The first-order valence-electron chi connectivity index (χ1n) is 11.0. The number of para-hydroxylation sites is 3. The molecule has 1 atom stereocenters. The van der Waals surface area contributed by atoms with Crippen molar-refractivity contribution in [1.82, 2.24) is 9.80 Å². The minimum Gasteiger partial charge on any atom is -0.493 e. The Morgan fingerprint density at radius 1 is 0.968 bits per heavy atom. The van der Waals surface area contributed by atoms with Gasteiger partial charge in [0.05, 0.1) is 20.3 Å². The van der Waals surface area contributed by atoms with Gasteiger partial charge in [-0.15, -0.1) is 0 Å². The Kier molecular flexibility index (Phi) is 8.32. The number of carbonyl (C=O) groups excluding carboxylic acids is 1. The smallest absolute Gasteiger partial charge is 0.238 e. The number of benzene rings is 2. The SMILES string of the molecule is COc1ccccc1OCC(C)CN1CCN(CC(=O)Nc2c(C)cccc2C)CC1. The maximum atomic E-state index is 12.5. The summed E-state index contributed by atoms with van der Waals surface area (Å²) in [6.07, 6.45) is 0. The summed E-state index contributed by atoms with van der Waals surface area (Å²) in [4.78, 5) is 17.2. The summed E-state index contributed by atoms with van der Waals surface area (Å²) >= 11 is 0. The molecular formula is C25H35N3O3. The topological polar surface area (TPSA) is 54.0 Å². The molecule has 0 aromatic heterocycles. The number of anilines is 1. The van der Waals surface area contributed by atoms with Crippen LogP contribution in [0.2, 0.25) is 0 Å². The van der Waals surface area contributed by atoms with E-state index in [1.165, 1.54) is 0 Å². The van der Waals surface area contributed by atoms with Crippen molar-refractivity contribution in [3.05, 3.63) is 53.6 Å². The van der Waals surface area contributed by atoms with Crippen LogP contribution in [0.1, 0.15) is 18.1 Å². The molecule has 1 aliphatic heterocycles. The molecule has 0 bridgehead atoms. The summed E-state index contributed by atoms with van der Waals surface area (Å²) in [5.41, 5.74) is 3.14. The summed E-state index contributed by atoms with van der Waals surface area (Å²) in [6.45, 7) is 12.1. The number of nitrogens with zero attached hydrogens (tertiary/aromatic N) is 2. The summed E-state index contributed by atoms with van der Waals surface area (Å²) in [7, 11) is 1.66. The molecule has 2 aromatic rings. The van der Waals surface area contributed by atoms with Crippen LogP contribution in [-0.4, -0.2) is 68.7 Å². The van der Waals surface area contributed by atoms with Crippen LogP contribution in [0.4, 0.5) is 5.69 Å². The Labute approximate surface area is 186 Å². The van der Waals surface area contributed by atoms with Crippen LogP contribution in [-0.2, 0) is 4.79 Å². The maximum absolute atomic E-state index is 12.5. The Bertz CT molecular complexity index is 843. The molecule has 1 saturated heterocycles. The fourth-order valence-corrected chi connectivity index (χ4v) is 3.99. The summed E-state index contributed by atoms with van der Waals surface area (Å²) < 4.78 is 11.3. The number of rotatable bonds is 9. The molecule has 0 saturated carbocycles. The average Bonchev–Trinajstić information content (AvgIpc) is 2.76. The maximum Gasteiger partial charge on any atom is 0.238 e. The van der Waals surface area contributed by atoms with Crippen molar-refractivity contribution in [3.63, 3.8) is 0 Å². The van der Waals surface area contributed by atoms with Crippen LogP contribution in [0, 0.1) is 19.8 Å². The number of piperazine rings is 1. The molecule has 168 valence electrons. The Balaban J connectivity index is 1.38. The van der Waals surface area contributed by atoms with E-state index in [-0.39, 0.29) is 5.91 Å². The van der Waals surface area contributed by atoms with Gasteiger partial charge in [-0.05, 0) is 37.1 Å². The quantitative estimate of drug-likeness (QED) is 0.666. The molecule has 1 fully saturated rings. The normalized spacial score (nSPS) is 16.0. The fraction of sp³-hybridized carbons (Fsp3) is 0.480. The van der Waals surface area contributed by atoms with Gasteiger partial charge in [0, 0.05) is 44.3 Å². The molecular weight excluding hydrogens is 390 g/mol. The Morgan fingerprint density at radius 3 is 2.23 bits per heavy atom. The van der Waals surface area contributed by atoms with E-state index in [2.05, 4.69) is 22.0 Å². The van der Waals surface area contributed by atoms with Crippen molar-refractivity contribution in [2.75, 3.05) is 58.3 Å². The van der Waals surface area contributed by atoms with E-state index < -0.39 is 0 Å². The number of carbonyl (C=O) groups is 1. The van der Waals surface area contributed by atoms with Crippen molar-refractivity contribution >= 4 is 11.6 Å². The zero-order valence-electron chi connectivity index (χ0n) is 19.2. The Hall–Kier alpha value is -2.57. The fourth-order valence-electron chi connectivity index (χ4n) is 3.99. The van der Waals surface area contributed by atoms with Gasteiger partial charge in [-0.25, -0.2) is 0 Å². The third kappa shape index (κ3) is 6.71. The van der Waals surface area contributed by atoms with E-state index >= 15 is 0 Å². The molecule has 1 N–H and O–H groups in total. The molecule has 0 radical (unpaired) electrons. The number of methoxy groups -OCH3 is 1. The molecule has 1 heterocycles. The number of hydrogen-bond donors (Lipinski definition) is 1. The summed E-state index contributed by atoms with van der Waals surface area (Å²) in [6, 6.07) is 13.8. The lowest BCUT2D eigenvalue weighted by Gasteiger charge is -2.35. The second-order valence-corrected chi connectivity index (χ2v) is 8.46. The highest BCUT2D eigenvalue weighted by atomic mass is 16.5. The number of ether oxygens (including phenoxy) is 2. The van der Waals surface area contributed by atoms with Crippen LogP contribution in [0.25, 0.3) is 0 Å². The molecule has 1 unspecified atom stereocenters. The van der Waals surface area contributed by atoms with Crippen LogP contribution in [0.3, 0.4) is 0 Å². The lowest BCUT2D eigenvalue weighted by molar-refractivity contribution is -0.117. The monoisotopic (exact) mass is 425 g/mol. The largest absolute Gasteiger partial charge is 0.493 e. The predicted molar refractivity (Wildman–Crippen MR) is 125 cm³/mol. The molecule has 1 aliphatic rings. The first-order valence-corrected chi connectivity index (χ1v) is 11.0. The zero-order valence-corrected chi connectivity index (χ0v) is 19.2. The number of nitrogens with one attached hydrogen (secondary N) is 1. The van der Waals surface area contributed by atoms with E-state index in [4.69, 9.17) is 9.47 Å². The average molecular weight is 426 g/mol. The third-order valence-electron chi connectivity index (χ3n) is 5.74. The van der Waals surface area contributed by atoms with Crippen LogP contribution >= 0.6 is 0 Å². The minimum absolute atomic E-state index is 0.0597. The third-order valence-corrected chi connectivity index (χ3v) is 5.74. The van der Waals surface area contributed by atoms with Gasteiger partial charge in [-0.2, -0.15) is 0 Å². The van der Waals surface area contributed by atoms with Gasteiger partial charge in [0.1, 0.15) is 0 Å². The second-order valence-electron chi connectivity index (χ2n) is 8.46. The van der Waals surface area contributed by atoms with Gasteiger partial charge in [-0.1, -0.05) is 37.3 Å². The highest BCUT2D eigenvalue weighted by molar-refractivity contribution is 5.93. The van der Waals surface area contributed by atoms with Gasteiger partial charge in [-0.3, -0.25) is 9.69 Å². The van der Waals surface area contributed by atoms with Crippen molar-refractivity contribution in [2.24, 2.45) is 5.92 Å². The van der Waals surface area contributed by atoms with Gasteiger partial charge >= 0.3 is 0 Å². The predicted octanol–water partition coefficient (Wildman–Crippen LogP) is 3.58. The molecule has 3 rings (SSSR count). The second kappa shape index (κ2) is 11.2. The number of hydrogen-bond acceptors (Lipinski definition) is 5. The van der Waals surface area contributed by atoms with Gasteiger partial charge in [0.15, 0.2) is 11.5 Å². The summed E-state index contributed by atoms with van der Waals surface area (Å²) in [5, 5.41) is 3.09. The molecule has 1 amide bonds. The van der Waals surface area contributed by atoms with Crippen LogP contribution in [0.5, 0.6) is 11.5 Å². The summed E-state index contributed by atoms with van der Waals surface area (Å²) in [5.74, 6) is 2.02. The van der Waals surface area contributed by atoms with Crippen molar-refractivity contribution in [2.45, 2.75) is 20.8 Å².